The maximum atomic E-state index is 9.93. The van der Waals surface area contributed by atoms with Gasteiger partial charge in [-0.3, -0.25) is 9.80 Å². The largest absolute Gasteiger partial charge is 0.327 e. The van der Waals surface area contributed by atoms with Crippen LogP contribution in [0.2, 0.25) is 5.15 Å². The lowest BCUT2D eigenvalue weighted by Crippen LogP contribution is -2.50. The second-order valence-electron chi connectivity index (χ2n) is 7.58. The lowest BCUT2D eigenvalue weighted by Gasteiger charge is -2.39. The number of hydrogen-bond donors (Lipinski definition) is 0. The predicted molar refractivity (Wildman–Crippen MR) is 107 cm³/mol. The van der Waals surface area contributed by atoms with E-state index in [-0.39, 0.29) is 6.04 Å². The van der Waals surface area contributed by atoms with E-state index in [0.717, 1.165) is 49.3 Å². The van der Waals surface area contributed by atoms with Crippen molar-refractivity contribution in [3.8, 4) is 17.5 Å². The van der Waals surface area contributed by atoms with Gasteiger partial charge in [0, 0.05) is 44.8 Å². The first kappa shape index (κ1) is 18.5. The molecule has 1 atom stereocenters. The van der Waals surface area contributed by atoms with Gasteiger partial charge in [-0.1, -0.05) is 54.8 Å². The summed E-state index contributed by atoms with van der Waals surface area (Å²) in [5, 5.41) is 10.4. The standard InChI is InChI=1S/C21H26ClN5/c1-25-19(20(22)24-21(25)16-7-3-2-4-8-16)18(15-23)27-13-11-26(12-14-27)17-9-5-6-10-17/h2-4,7-8,17-18H,5-6,9-14H2,1H3. The molecule has 1 aromatic carbocycles. The van der Waals surface area contributed by atoms with Crippen LogP contribution in [0.5, 0.6) is 0 Å². The molecule has 6 heteroatoms. The van der Waals surface area contributed by atoms with E-state index in [1.165, 1.54) is 25.7 Å². The van der Waals surface area contributed by atoms with Gasteiger partial charge in [-0.05, 0) is 12.8 Å². The number of rotatable bonds is 4. The lowest BCUT2D eigenvalue weighted by molar-refractivity contribution is 0.0824. The first-order valence-electron chi connectivity index (χ1n) is 9.84. The highest BCUT2D eigenvalue weighted by Gasteiger charge is 2.32. The van der Waals surface area contributed by atoms with Crippen LogP contribution in [0.15, 0.2) is 30.3 Å². The summed E-state index contributed by atoms with van der Waals surface area (Å²) in [6.07, 6.45) is 5.38. The molecule has 5 nitrogen and oxygen atoms in total. The fourth-order valence-electron chi connectivity index (χ4n) is 4.57. The summed E-state index contributed by atoms with van der Waals surface area (Å²) in [5.74, 6) is 0.806. The van der Waals surface area contributed by atoms with Gasteiger partial charge in [0.1, 0.15) is 11.9 Å². The predicted octanol–water partition coefficient (Wildman–Crippen LogP) is 3.87. The number of piperazine rings is 1. The molecule has 1 aromatic heterocycles. The van der Waals surface area contributed by atoms with Crippen LogP contribution in [0.3, 0.4) is 0 Å². The fraction of sp³-hybridized carbons (Fsp3) is 0.524. The monoisotopic (exact) mass is 383 g/mol. The second kappa shape index (κ2) is 8.02. The number of nitrogens with zero attached hydrogens (tertiary/aromatic N) is 5. The third kappa shape index (κ3) is 3.62. The van der Waals surface area contributed by atoms with E-state index < -0.39 is 0 Å². The minimum atomic E-state index is -0.363. The van der Waals surface area contributed by atoms with E-state index in [2.05, 4.69) is 20.9 Å². The van der Waals surface area contributed by atoms with E-state index in [1.807, 2.05) is 41.9 Å². The zero-order chi connectivity index (χ0) is 18.8. The van der Waals surface area contributed by atoms with Gasteiger partial charge in [0.05, 0.1) is 11.8 Å². The Morgan fingerprint density at radius 1 is 1.11 bits per heavy atom. The highest BCUT2D eigenvalue weighted by atomic mass is 35.5. The third-order valence-corrected chi connectivity index (χ3v) is 6.34. The van der Waals surface area contributed by atoms with Crippen LogP contribution in [-0.2, 0) is 7.05 Å². The van der Waals surface area contributed by atoms with Crippen molar-refractivity contribution in [1.82, 2.24) is 19.4 Å². The molecule has 2 aliphatic rings. The second-order valence-corrected chi connectivity index (χ2v) is 7.94. The Bertz CT molecular complexity index is 811. The molecule has 1 aliphatic carbocycles. The number of nitriles is 1. The van der Waals surface area contributed by atoms with Crippen molar-refractivity contribution in [3.63, 3.8) is 0 Å². The summed E-state index contributed by atoms with van der Waals surface area (Å²) >= 11 is 6.50. The number of benzene rings is 1. The van der Waals surface area contributed by atoms with Crippen LogP contribution in [0.25, 0.3) is 11.4 Å². The molecule has 1 saturated heterocycles. The molecule has 4 rings (SSSR count). The van der Waals surface area contributed by atoms with Gasteiger partial charge in [-0.15, -0.1) is 0 Å². The Hall–Kier alpha value is -1.87. The maximum Gasteiger partial charge on any atom is 0.153 e. The maximum absolute atomic E-state index is 9.93. The molecule has 2 fully saturated rings. The van der Waals surface area contributed by atoms with Crippen molar-refractivity contribution in [3.05, 3.63) is 41.2 Å². The van der Waals surface area contributed by atoms with E-state index in [9.17, 15) is 5.26 Å². The Kier molecular flexibility index (Phi) is 5.49. The zero-order valence-electron chi connectivity index (χ0n) is 15.8. The fourth-order valence-corrected chi connectivity index (χ4v) is 4.88. The number of hydrogen-bond acceptors (Lipinski definition) is 4. The SMILES string of the molecule is Cn1c(-c2ccccc2)nc(Cl)c1C(C#N)N1CCN(C2CCCC2)CC1. The van der Waals surface area contributed by atoms with Crippen LogP contribution in [0.1, 0.15) is 37.4 Å². The average molecular weight is 384 g/mol. The van der Waals surface area contributed by atoms with Gasteiger partial charge in [0.2, 0.25) is 0 Å². The van der Waals surface area contributed by atoms with Crippen molar-refractivity contribution in [2.45, 2.75) is 37.8 Å². The Labute approximate surface area is 166 Å². The van der Waals surface area contributed by atoms with Crippen molar-refractivity contribution >= 4 is 11.6 Å². The summed E-state index contributed by atoms with van der Waals surface area (Å²) < 4.78 is 1.98. The van der Waals surface area contributed by atoms with Crippen molar-refractivity contribution in [1.29, 1.82) is 5.26 Å². The number of halogens is 1. The van der Waals surface area contributed by atoms with E-state index >= 15 is 0 Å². The first-order chi connectivity index (χ1) is 13.2. The first-order valence-corrected chi connectivity index (χ1v) is 10.2. The van der Waals surface area contributed by atoms with Crippen molar-refractivity contribution in [2.75, 3.05) is 26.2 Å². The normalized spacial score (nSPS) is 20.6. The summed E-state index contributed by atoms with van der Waals surface area (Å²) in [6, 6.07) is 12.9. The average Bonchev–Trinajstić information content (AvgIpc) is 3.34. The molecule has 1 saturated carbocycles. The summed E-state index contributed by atoms with van der Waals surface area (Å²) in [5.41, 5.74) is 1.81. The molecule has 0 N–H and O–H groups in total. The summed E-state index contributed by atoms with van der Waals surface area (Å²) in [7, 11) is 1.95. The van der Waals surface area contributed by atoms with Crippen LogP contribution >= 0.6 is 11.6 Å². The minimum Gasteiger partial charge on any atom is -0.327 e. The molecule has 0 bridgehead atoms. The molecule has 27 heavy (non-hydrogen) atoms. The summed E-state index contributed by atoms with van der Waals surface area (Å²) in [6.45, 7) is 3.86. The van der Waals surface area contributed by atoms with Gasteiger partial charge in [0.15, 0.2) is 5.15 Å². The molecule has 1 unspecified atom stereocenters. The zero-order valence-corrected chi connectivity index (χ0v) is 16.6. The highest BCUT2D eigenvalue weighted by Crippen LogP contribution is 2.33. The van der Waals surface area contributed by atoms with Gasteiger partial charge in [0.25, 0.3) is 0 Å². The van der Waals surface area contributed by atoms with Crippen LogP contribution in [-0.4, -0.2) is 51.6 Å². The van der Waals surface area contributed by atoms with Gasteiger partial charge in [-0.2, -0.15) is 5.26 Å². The van der Waals surface area contributed by atoms with Crippen LogP contribution < -0.4 is 0 Å². The van der Waals surface area contributed by atoms with E-state index in [0.29, 0.717) is 5.15 Å². The smallest absolute Gasteiger partial charge is 0.153 e. The third-order valence-electron chi connectivity index (χ3n) is 6.06. The summed E-state index contributed by atoms with van der Waals surface area (Å²) in [4.78, 5) is 9.42. The topological polar surface area (TPSA) is 48.1 Å². The molecule has 0 amide bonds. The van der Waals surface area contributed by atoms with E-state index in [4.69, 9.17) is 11.6 Å². The van der Waals surface area contributed by atoms with Crippen LogP contribution in [0, 0.1) is 11.3 Å². The van der Waals surface area contributed by atoms with Crippen molar-refractivity contribution < 1.29 is 0 Å². The lowest BCUT2D eigenvalue weighted by atomic mass is 10.1. The molecule has 142 valence electrons. The van der Waals surface area contributed by atoms with Crippen molar-refractivity contribution in [2.24, 2.45) is 7.05 Å². The van der Waals surface area contributed by atoms with E-state index in [1.54, 1.807) is 0 Å². The van der Waals surface area contributed by atoms with Gasteiger partial charge < -0.3 is 4.57 Å². The minimum absolute atomic E-state index is 0.363. The molecule has 2 aromatic rings. The molecule has 0 radical (unpaired) electrons. The van der Waals surface area contributed by atoms with Gasteiger partial charge in [-0.25, -0.2) is 4.98 Å². The molecule has 2 heterocycles. The molecule has 0 spiro atoms. The Morgan fingerprint density at radius 3 is 2.41 bits per heavy atom. The Morgan fingerprint density at radius 2 is 1.78 bits per heavy atom. The highest BCUT2D eigenvalue weighted by molar-refractivity contribution is 6.30. The van der Waals surface area contributed by atoms with Gasteiger partial charge >= 0.3 is 0 Å². The number of imidazole rings is 1. The number of aromatic nitrogens is 2. The Balaban J connectivity index is 1.53. The molecular formula is C21H26ClN5. The quantitative estimate of drug-likeness (QED) is 0.804. The molecular weight excluding hydrogens is 358 g/mol. The van der Waals surface area contributed by atoms with Crippen LogP contribution in [0.4, 0.5) is 0 Å². The molecule has 1 aliphatic heterocycles.